The molecule has 0 aliphatic carbocycles. The topological polar surface area (TPSA) is 96.6 Å². The van der Waals surface area contributed by atoms with Crippen LogP contribution < -0.4 is 5.32 Å². The minimum atomic E-state index is -0.763. The summed E-state index contributed by atoms with van der Waals surface area (Å²) in [7, 11) is 0. The van der Waals surface area contributed by atoms with Crippen molar-refractivity contribution < 1.29 is 15.0 Å². The molecule has 0 bridgehead atoms. The van der Waals surface area contributed by atoms with Crippen molar-refractivity contribution in [2.45, 2.75) is 52.5 Å². The van der Waals surface area contributed by atoms with Gasteiger partial charge in [0.15, 0.2) is 5.88 Å². The molecule has 22 heavy (non-hydrogen) atoms. The number of piperidine rings is 1. The smallest absolute Gasteiger partial charge is 0.246 e. The average molecular weight is 311 g/mol. The number of carbonyl (C=O) groups is 1. The summed E-state index contributed by atoms with van der Waals surface area (Å²) in [6.45, 7) is 8.60. The third-order valence-corrected chi connectivity index (χ3v) is 4.35. The molecule has 6 nitrogen and oxygen atoms in total. The van der Waals surface area contributed by atoms with Crippen LogP contribution >= 0.6 is 0 Å². The lowest BCUT2D eigenvalue weighted by atomic mass is 9.88. The van der Waals surface area contributed by atoms with Gasteiger partial charge in [-0.3, -0.25) is 15.0 Å². The van der Waals surface area contributed by atoms with Crippen molar-refractivity contribution in [3.8, 4) is 0 Å². The molecule has 0 atom stereocenters. The molecule has 1 rings (SSSR count). The number of rotatable bonds is 6. The highest BCUT2D eigenvalue weighted by Gasteiger charge is 2.35. The molecule has 1 aliphatic rings. The molecule has 1 fully saturated rings. The van der Waals surface area contributed by atoms with Crippen LogP contribution in [0.25, 0.3) is 0 Å². The minimum Gasteiger partial charge on any atom is -0.494 e. The molecule has 0 spiro atoms. The first kappa shape index (κ1) is 18.6. The van der Waals surface area contributed by atoms with Gasteiger partial charge in [0.05, 0.1) is 12.1 Å². The number of carbonyl (C=O) groups excluding carboxylic acids is 1. The summed E-state index contributed by atoms with van der Waals surface area (Å²) < 4.78 is 0. The van der Waals surface area contributed by atoms with Gasteiger partial charge < -0.3 is 15.6 Å². The van der Waals surface area contributed by atoms with E-state index in [1.807, 2.05) is 13.8 Å². The summed E-state index contributed by atoms with van der Waals surface area (Å²) in [6.07, 6.45) is 4.52. The molecule has 1 saturated heterocycles. The molecule has 6 heteroatoms. The molecular weight excluding hydrogens is 282 g/mol. The maximum Gasteiger partial charge on any atom is 0.246 e. The van der Waals surface area contributed by atoms with E-state index < -0.39 is 11.0 Å². The first-order valence-corrected chi connectivity index (χ1v) is 7.78. The third-order valence-electron chi connectivity index (χ3n) is 4.35. The van der Waals surface area contributed by atoms with Crippen LogP contribution in [0.15, 0.2) is 12.0 Å². The molecule has 126 valence electrons. The number of aliphatic hydroxyl groups is 2. The molecule has 1 amide bonds. The van der Waals surface area contributed by atoms with Crippen molar-refractivity contribution >= 4 is 11.6 Å². The number of nitrogens with zero attached hydrogens (tertiary/aromatic N) is 1. The quantitative estimate of drug-likeness (QED) is 0.444. The summed E-state index contributed by atoms with van der Waals surface area (Å²) in [5, 5.41) is 29.4. The fraction of sp³-hybridized carbons (Fsp3) is 0.750. The van der Waals surface area contributed by atoms with Crippen LogP contribution in [-0.4, -0.2) is 52.0 Å². The van der Waals surface area contributed by atoms with Crippen LogP contribution in [-0.2, 0) is 4.79 Å². The van der Waals surface area contributed by atoms with Crippen molar-refractivity contribution in [3.63, 3.8) is 0 Å². The SMILES string of the molecule is CC(C)(CO)C(=N)/C=C(\O)NC(=O)C(C)(C)N1CCCCC1. The van der Waals surface area contributed by atoms with E-state index in [1.165, 1.54) is 12.5 Å². The van der Waals surface area contributed by atoms with Crippen LogP contribution in [0, 0.1) is 10.8 Å². The monoisotopic (exact) mass is 311 g/mol. The van der Waals surface area contributed by atoms with Crippen molar-refractivity contribution in [2.75, 3.05) is 19.7 Å². The van der Waals surface area contributed by atoms with Gasteiger partial charge in [-0.2, -0.15) is 0 Å². The van der Waals surface area contributed by atoms with Gasteiger partial charge in [-0.05, 0) is 39.8 Å². The lowest BCUT2D eigenvalue weighted by molar-refractivity contribution is -0.132. The van der Waals surface area contributed by atoms with Gasteiger partial charge in [-0.15, -0.1) is 0 Å². The van der Waals surface area contributed by atoms with Gasteiger partial charge in [0.2, 0.25) is 5.91 Å². The molecule has 1 heterocycles. The van der Waals surface area contributed by atoms with Crippen molar-refractivity contribution in [2.24, 2.45) is 5.41 Å². The Morgan fingerprint density at radius 1 is 1.23 bits per heavy atom. The Labute approximate surface area is 132 Å². The number of amides is 1. The van der Waals surface area contributed by atoms with Crippen molar-refractivity contribution in [1.82, 2.24) is 10.2 Å². The zero-order valence-electron chi connectivity index (χ0n) is 14.1. The van der Waals surface area contributed by atoms with E-state index in [0.29, 0.717) is 0 Å². The summed E-state index contributed by atoms with van der Waals surface area (Å²) in [6, 6.07) is 0. The molecule has 0 aromatic rings. The Balaban J connectivity index is 2.72. The first-order chi connectivity index (χ1) is 10.1. The fourth-order valence-corrected chi connectivity index (χ4v) is 2.32. The lowest BCUT2D eigenvalue weighted by Crippen LogP contribution is -2.56. The number of hydrogen-bond acceptors (Lipinski definition) is 5. The molecular formula is C16H29N3O3. The van der Waals surface area contributed by atoms with Crippen LogP contribution in [0.2, 0.25) is 0 Å². The van der Waals surface area contributed by atoms with E-state index in [1.54, 1.807) is 13.8 Å². The van der Waals surface area contributed by atoms with Gasteiger partial charge >= 0.3 is 0 Å². The van der Waals surface area contributed by atoms with Gasteiger partial charge in [-0.1, -0.05) is 20.3 Å². The van der Waals surface area contributed by atoms with E-state index in [-0.39, 0.29) is 24.1 Å². The highest BCUT2D eigenvalue weighted by atomic mass is 16.3. The second-order valence-electron chi connectivity index (χ2n) is 7.05. The second-order valence-corrected chi connectivity index (χ2v) is 7.05. The van der Waals surface area contributed by atoms with E-state index in [4.69, 9.17) is 5.41 Å². The molecule has 1 aliphatic heterocycles. The van der Waals surface area contributed by atoms with Crippen LogP contribution in [0.3, 0.4) is 0 Å². The van der Waals surface area contributed by atoms with E-state index in [0.717, 1.165) is 25.9 Å². The maximum absolute atomic E-state index is 12.4. The van der Waals surface area contributed by atoms with Crippen molar-refractivity contribution in [3.05, 3.63) is 12.0 Å². The zero-order valence-corrected chi connectivity index (χ0v) is 14.1. The first-order valence-electron chi connectivity index (χ1n) is 7.78. The number of aliphatic hydroxyl groups excluding tert-OH is 2. The molecule has 0 saturated carbocycles. The molecule has 4 N–H and O–H groups in total. The highest BCUT2D eigenvalue weighted by molar-refractivity contribution is 5.97. The Morgan fingerprint density at radius 2 is 1.77 bits per heavy atom. The number of likely N-dealkylation sites (tertiary alicyclic amines) is 1. The highest BCUT2D eigenvalue weighted by Crippen LogP contribution is 2.21. The number of allylic oxidation sites excluding steroid dienone is 1. The fourth-order valence-electron chi connectivity index (χ4n) is 2.32. The Bertz CT molecular complexity index is 450. The molecule has 0 unspecified atom stereocenters. The summed E-state index contributed by atoms with van der Waals surface area (Å²) >= 11 is 0. The molecule has 0 radical (unpaired) electrons. The third kappa shape index (κ3) is 4.55. The largest absolute Gasteiger partial charge is 0.494 e. The Hall–Kier alpha value is -1.40. The van der Waals surface area contributed by atoms with E-state index >= 15 is 0 Å². The predicted molar refractivity (Wildman–Crippen MR) is 87.0 cm³/mol. The average Bonchev–Trinajstić information content (AvgIpc) is 2.47. The van der Waals surface area contributed by atoms with Gasteiger partial charge in [-0.25, -0.2) is 0 Å². The standard InChI is InChI=1S/C16H29N3O3/c1-15(2,11-20)12(17)10-13(21)18-14(22)16(3,4)19-8-6-5-7-9-19/h10,17,20-21H,5-9,11H2,1-4H3,(H,18,22)/b13-10-,17-12?. The van der Waals surface area contributed by atoms with Gasteiger partial charge in [0.25, 0.3) is 0 Å². The van der Waals surface area contributed by atoms with E-state index in [2.05, 4.69) is 10.2 Å². The number of hydrogen-bond donors (Lipinski definition) is 4. The van der Waals surface area contributed by atoms with E-state index in [9.17, 15) is 15.0 Å². The number of nitrogens with one attached hydrogen (secondary N) is 2. The predicted octanol–water partition coefficient (Wildman–Crippen LogP) is 1.80. The zero-order chi connectivity index (χ0) is 17.0. The van der Waals surface area contributed by atoms with Crippen molar-refractivity contribution in [1.29, 1.82) is 5.41 Å². The van der Waals surface area contributed by atoms with Crippen LogP contribution in [0.4, 0.5) is 0 Å². The van der Waals surface area contributed by atoms with Crippen LogP contribution in [0.5, 0.6) is 0 Å². The maximum atomic E-state index is 12.4. The second kappa shape index (κ2) is 7.24. The lowest BCUT2D eigenvalue weighted by Gasteiger charge is -2.39. The summed E-state index contributed by atoms with van der Waals surface area (Å²) in [5.74, 6) is -0.653. The molecule has 0 aromatic heterocycles. The minimum absolute atomic E-state index is 0.0589. The normalized spacial score (nSPS) is 18.1. The summed E-state index contributed by atoms with van der Waals surface area (Å²) in [4.78, 5) is 14.5. The Kier molecular flexibility index (Phi) is 6.14. The summed E-state index contributed by atoms with van der Waals surface area (Å²) in [5.41, 5.74) is -1.42. The van der Waals surface area contributed by atoms with Gasteiger partial charge in [0.1, 0.15) is 0 Å². The van der Waals surface area contributed by atoms with Crippen LogP contribution in [0.1, 0.15) is 47.0 Å². The van der Waals surface area contributed by atoms with Gasteiger partial charge in [0, 0.05) is 17.2 Å². The molecule has 0 aromatic carbocycles. The Morgan fingerprint density at radius 3 is 2.27 bits per heavy atom.